The molecule has 0 saturated heterocycles. The van der Waals surface area contributed by atoms with Crippen LogP contribution in [0, 0.1) is 0 Å². The highest BCUT2D eigenvalue weighted by atomic mass is 32.2. The van der Waals surface area contributed by atoms with Gasteiger partial charge in [0.1, 0.15) is 5.82 Å². The molecule has 1 unspecified atom stereocenters. The number of hydrogen-bond donors (Lipinski definition) is 3. The van der Waals surface area contributed by atoms with Crippen molar-refractivity contribution in [1.82, 2.24) is 9.97 Å². The van der Waals surface area contributed by atoms with Crippen LogP contribution in [0.3, 0.4) is 0 Å². The fourth-order valence-corrected chi connectivity index (χ4v) is 1.96. The lowest BCUT2D eigenvalue weighted by Gasteiger charge is -2.11. The molecule has 7 nitrogen and oxygen atoms in total. The molecule has 4 N–H and O–H groups in total. The van der Waals surface area contributed by atoms with E-state index in [0.717, 1.165) is 17.8 Å². The molecule has 8 heteroatoms. The number of aromatic nitrogens is 2. The van der Waals surface area contributed by atoms with E-state index >= 15 is 0 Å². The van der Waals surface area contributed by atoms with E-state index in [0.29, 0.717) is 6.61 Å². The second kappa shape index (κ2) is 6.26. The average Bonchev–Trinajstić information content (AvgIpc) is 2.22. The zero-order valence-corrected chi connectivity index (χ0v) is 9.99. The monoisotopic (exact) mass is 259 g/mol. The van der Waals surface area contributed by atoms with Gasteiger partial charge in [0, 0.05) is 18.4 Å². The first-order valence-electron chi connectivity index (χ1n) is 4.87. The zero-order chi connectivity index (χ0) is 12.8. The summed E-state index contributed by atoms with van der Waals surface area (Å²) in [4.78, 5) is 28.2. The van der Waals surface area contributed by atoms with E-state index in [1.807, 2.05) is 0 Å². The standard InChI is InChI=1S/C9H13N3O4S/c1-2-16-5(8(14)15)4-17-9-11-6(10)3-7(13)12-9/h3,5H,2,4H2,1H3,(H,14,15)(H3,10,11,12,13). The third kappa shape index (κ3) is 4.45. The number of ether oxygens (including phenoxy) is 1. The highest BCUT2D eigenvalue weighted by molar-refractivity contribution is 7.99. The van der Waals surface area contributed by atoms with Crippen molar-refractivity contribution < 1.29 is 14.6 Å². The lowest BCUT2D eigenvalue weighted by atomic mass is 10.4. The van der Waals surface area contributed by atoms with Crippen LogP contribution < -0.4 is 11.3 Å². The first-order chi connectivity index (χ1) is 8.02. The first kappa shape index (κ1) is 13.5. The Balaban J connectivity index is 2.65. The Kier molecular flexibility index (Phi) is 4.98. The van der Waals surface area contributed by atoms with E-state index in [9.17, 15) is 9.59 Å². The minimum absolute atomic E-state index is 0.0968. The molecule has 0 amide bonds. The zero-order valence-electron chi connectivity index (χ0n) is 9.17. The van der Waals surface area contributed by atoms with Crippen LogP contribution in [0.5, 0.6) is 0 Å². The summed E-state index contributed by atoms with van der Waals surface area (Å²) < 4.78 is 5.01. The van der Waals surface area contributed by atoms with Gasteiger partial charge in [-0.3, -0.25) is 4.79 Å². The maximum Gasteiger partial charge on any atom is 0.333 e. The van der Waals surface area contributed by atoms with Crippen molar-refractivity contribution in [2.75, 3.05) is 18.1 Å². The second-order valence-corrected chi connectivity index (χ2v) is 4.08. The lowest BCUT2D eigenvalue weighted by molar-refractivity contribution is -0.148. The van der Waals surface area contributed by atoms with Crippen LogP contribution in [0.1, 0.15) is 6.92 Å². The molecule has 1 aromatic rings. The van der Waals surface area contributed by atoms with Crippen LogP contribution in [-0.2, 0) is 9.53 Å². The van der Waals surface area contributed by atoms with Gasteiger partial charge in [-0.25, -0.2) is 9.78 Å². The predicted molar refractivity (Wildman–Crippen MR) is 63.0 cm³/mol. The summed E-state index contributed by atoms with van der Waals surface area (Å²) in [7, 11) is 0. The number of aliphatic carboxylic acids is 1. The van der Waals surface area contributed by atoms with Gasteiger partial charge in [-0.15, -0.1) is 0 Å². The molecule has 17 heavy (non-hydrogen) atoms. The number of anilines is 1. The van der Waals surface area contributed by atoms with Gasteiger partial charge in [0.25, 0.3) is 5.56 Å². The molecule has 1 atom stereocenters. The summed E-state index contributed by atoms with van der Waals surface area (Å²) in [5.41, 5.74) is 5.02. The van der Waals surface area contributed by atoms with Crippen molar-refractivity contribution in [3.63, 3.8) is 0 Å². The SMILES string of the molecule is CCOC(CSc1nc(N)cc(=O)[nH]1)C(=O)O. The van der Waals surface area contributed by atoms with Crippen LogP contribution in [0.15, 0.2) is 16.0 Å². The summed E-state index contributed by atoms with van der Waals surface area (Å²) in [5, 5.41) is 9.11. The predicted octanol–water partition coefficient (Wildman–Crippen LogP) is -0.0661. The van der Waals surface area contributed by atoms with E-state index in [1.54, 1.807) is 6.92 Å². The molecular formula is C9H13N3O4S. The maximum atomic E-state index is 11.1. The van der Waals surface area contributed by atoms with Gasteiger partial charge < -0.3 is 20.6 Å². The van der Waals surface area contributed by atoms with Crippen LogP contribution in [-0.4, -0.2) is 39.5 Å². The molecule has 0 aliphatic heterocycles. The fourth-order valence-electron chi connectivity index (χ4n) is 1.07. The van der Waals surface area contributed by atoms with Crippen molar-refractivity contribution in [2.24, 2.45) is 0 Å². The van der Waals surface area contributed by atoms with Crippen molar-refractivity contribution in [2.45, 2.75) is 18.2 Å². The number of nitrogens with zero attached hydrogens (tertiary/aromatic N) is 1. The summed E-state index contributed by atoms with van der Waals surface area (Å²) in [6, 6.07) is 1.15. The van der Waals surface area contributed by atoms with Gasteiger partial charge in [0.15, 0.2) is 11.3 Å². The second-order valence-electron chi connectivity index (χ2n) is 3.07. The molecular weight excluding hydrogens is 246 g/mol. The summed E-state index contributed by atoms with van der Waals surface area (Å²) in [6.07, 6.45) is -0.934. The normalized spacial score (nSPS) is 12.3. The molecule has 1 rings (SSSR count). The Morgan fingerprint density at radius 1 is 1.76 bits per heavy atom. The van der Waals surface area contributed by atoms with Gasteiger partial charge in [-0.2, -0.15) is 0 Å². The first-order valence-corrected chi connectivity index (χ1v) is 5.85. The number of nitrogens with one attached hydrogen (secondary N) is 1. The number of thioether (sulfide) groups is 1. The number of carboxylic acid groups (broad SMARTS) is 1. The molecule has 0 saturated carbocycles. The van der Waals surface area contributed by atoms with Gasteiger partial charge >= 0.3 is 5.97 Å². The van der Waals surface area contributed by atoms with Crippen LogP contribution >= 0.6 is 11.8 Å². The van der Waals surface area contributed by atoms with Crippen molar-refractivity contribution in [3.8, 4) is 0 Å². The summed E-state index contributed by atoms with van der Waals surface area (Å²) >= 11 is 1.07. The van der Waals surface area contributed by atoms with E-state index in [1.165, 1.54) is 0 Å². The minimum atomic E-state index is -1.05. The highest BCUT2D eigenvalue weighted by Gasteiger charge is 2.18. The van der Waals surface area contributed by atoms with Crippen LogP contribution in [0.25, 0.3) is 0 Å². The smallest absolute Gasteiger partial charge is 0.333 e. The third-order valence-corrected chi connectivity index (χ3v) is 2.69. The Labute approximate surface area is 101 Å². The average molecular weight is 259 g/mol. The Bertz CT molecular complexity index is 448. The minimum Gasteiger partial charge on any atom is -0.479 e. The number of hydrogen-bond acceptors (Lipinski definition) is 6. The number of nitrogen functional groups attached to an aromatic ring is 1. The van der Waals surface area contributed by atoms with Crippen LogP contribution in [0.2, 0.25) is 0 Å². The van der Waals surface area contributed by atoms with Gasteiger partial charge in [-0.1, -0.05) is 11.8 Å². The summed E-state index contributed by atoms with van der Waals surface area (Å²) in [6.45, 7) is 2.01. The molecule has 0 radical (unpaired) electrons. The van der Waals surface area contributed by atoms with Gasteiger partial charge in [0.05, 0.1) is 0 Å². The maximum absolute atomic E-state index is 11.1. The molecule has 0 spiro atoms. The third-order valence-electron chi connectivity index (χ3n) is 1.75. The van der Waals surface area contributed by atoms with Crippen LogP contribution in [0.4, 0.5) is 5.82 Å². The molecule has 0 aromatic carbocycles. The quantitative estimate of drug-likeness (QED) is 0.483. The number of aromatic amines is 1. The van der Waals surface area contributed by atoms with Gasteiger partial charge in [-0.05, 0) is 6.92 Å². The lowest BCUT2D eigenvalue weighted by Crippen LogP contribution is -2.26. The Morgan fingerprint density at radius 3 is 3.00 bits per heavy atom. The number of carboxylic acids is 1. The molecule has 1 heterocycles. The van der Waals surface area contributed by atoms with Crippen molar-refractivity contribution in [1.29, 1.82) is 0 Å². The number of H-pyrrole nitrogens is 1. The molecule has 0 bridgehead atoms. The number of rotatable bonds is 6. The number of carbonyl (C=O) groups is 1. The molecule has 0 fully saturated rings. The van der Waals surface area contributed by atoms with Crippen molar-refractivity contribution in [3.05, 3.63) is 16.4 Å². The Hall–Kier alpha value is -1.54. The van der Waals surface area contributed by atoms with E-state index in [2.05, 4.69) is 9.97 Å². The molecule has 0 aliphatic rings. The summed E-state index contributed by atoms with van der Waals surface area (Å²) in [5.74, 6) is -0.805. The van der Waals surface area contributed by atoms with E-state index in [4.69, 9.17) is 15.6 Å². The highest BCUT2D eigenvalue weighted by Crippen LogP contribution is 2.14. The fraction of sp³-hybridized carbons (Fsp3) is 0.444. The molecule has 94 valence electrons. The largest absolute Gasteiger partial charge is 0.479 e. The Morgan fingerprint density at radius 2 is 2.47 bits per heavy atom. The number of nitrogens with two attached hydrogens (primary N) is 1. The topological polar surface area (TPSA) is 118 Å². The van der Waals surface area contributed by atoms with Crippen molar-refractivity contribution >= 4 is 23.5 Å². The molecule has 0 aliphatic carbocycles. The molecule has 1 aromatic heterocycles. The van der Waals surface area contributed by atoms with E-state index in [-0.39, 0.29) is 22.3 Å². The van der Waals surface area contributed by atoms with E-state index < -0.39 is 12.1 Å². The van der Waals surface area contributed by atoms with Gasteiger partial charge in [0.2, 0.25) is 0 Å².